The fourth-order valence-corrected chi connectivity index (χ4v) is 2.19. The SMILES string of the molecule is CCN(CC(C)C)C(C)CCCNCC(C)C. The van der Waals surface area contributed by atoms with Crippen LogP contribution in [0.3, 0.4) is 0 Å². The Kier molecular flexibility index (Phi) is 9.85. The molecule has 17 heavy (non-hydrogen) atoms. The molecule has 0 radical (unpaired) electrons. The molecule has 0 aromatic rings. The van der Waals surface area contributed by atoms with Crippen LogP contribution in [0.1, 0.15) is 54.4 Å². The van der Waals surface area contributed by atoms with E-state index in [1.54, 1.807) is 0 Å². The minimum absolute atomic E-state index is 0.725. The van der Waals surface area contributed by atoms with Gasteiger partial charge in [-0.1, -0.05) is 34.6 Å². The van der Waals surface area contributed by atoms with Crippen LogP contribution in [0.2, 0.25) is 0 Å². The van der Waals surface area contributed by atoms with Crippen molar-refractivity contribution >= 4 is 0 Å². The van der Waals surface area contributed by atoms with E-state index in [1.807, 2.05) is 0 Å². The molecular formula is C15H34N2. The zero-order chi connectivity index (χ0) is 13.3. The van der Waals surface area contributed by atoms with Crippen molar-refractivity contribution in [3.05, 3.63) is 0 Å². The predicted molar refractivity (Wildman–Crippen MR) is 78.5 cm³/mol. The molecule has 0 heterocycles. The summed E-state index contributed by atoms with van der Waals surface area (Å²) in [4.78, 5) is 2.60. The monoisotopic (exact) mass is 242 g/mol. The van der Waals surface area contributed by atoms with E-state index in [0.717, 1.165) is 24.4 Å². The quantitative estimate of drug-likeness (QED) is 0.591. The lowest BCUT2D eigenvalue weighted by atomic mass is 10.1. The van der Waals surface area contributed by atoms with E-state index >= 15 is 0 Å². The van der Waals surface area contributed by atoms with Crippen molar-refractivity contribution in [3.63, 3.8) is 0 Å². The van der Waals surface area contributed by atoms with Gasteiger partial charge in [0.1, 0.15) is 0 Å². The predicted octanol–water partition coefficient (Wildman–Crippen LogP) is 3.38. The summed E-state index contributed by atoms with van der Waals surface area (Å²) in [5.41, 5.74) is 0. The van der Waals surface area contributed by atoms with Gasteiger partial charge in [0, 0.05) is 12.6 Å². The zero-order valence-electron chi connectivity index (χ0n) is 12.9. The fraction of sp³-hybridized carbons (Fsp3) is 1.00. The van der Waals surface area contributed by atoms with E-state index in [0.29, 0.717) is 0 Å². The highest BCUT2D eigenvalue weighted by Gasteiger charge is 2.12. The molecule has 0 saturated heterocycles. The first-order valence-electron chi connectivity index (χ1n) is 7.42. The molecule has 104 valence electrons. The summed E-state index contributed by atoms with van der Waals surface area (Å²) in [7, 11) is 0. The summed E-state index contributed by atoms with van der Waals surface area (Å²) in [6, 6.07) is 0.725. The molecule has 0 aliphatic rings. The maximum Gasteiger partial charge on any atom is 0.00673 e. The summed E-state index contributed by atoms with van der Waals surface area (Å²) in [5.74, 6) is 1.54. The van der Waals surface area contributed by atoms with E-state index in [1.165, 1.54) is 32.5 Å². The lowest BCUT2D eigenvalue weighted by molar-refractivity contribution is 0.185. The average Bonchev–Trinajstić information content (AvgIpc) is 2.24. The van der Waals surface area contributed by atoms with Gasteiger partial charge in [-0.2, -0.15) is 0 Å². The second kappa shape index (κ2) is 9.90. The second-order valence-electron chi connectivity index (χ2n) is 6.07. The highest BCUT2D eigenvalue weighted by atomic mass is 15.1. The lowest BCUT2D eigenvalue weighted by Gasteiger charge is -2.29. The third-order valence-corrected chi connectivity index (χ3v) is 3.16. The molecular weight excluding hydrogens is 208 g/mol. The Balaban J connectivity index is 3.64. The lowest BCUT2D eigenvalue weighted by Crippen LogP contribution is -2.36. The normalized spacial score (nSPS) is 13.9. The van der Waals surface area contributed by atoms with Gasteiger partial charge in [-0.15, -0.1) is 0 Å². The van der Waals surface area contributed by atoms with Gasteiger partial charge in [-0.25, -0.2) is 0 Å². The molecule has 0 aliphatic heterocycles. The van der Waals surface area contributed by atoms with E-state index in [2.05, 4.69) is 51.8 Å². The van der Waals surface area contributed by atoms with Gasteiger partial charge >= 0.3 is 0 Å². The summed E-state index contributed by atoms with van der Waals surface area (Å²) >= 11 is 0. The van der Waals surface area contributed by atoms with Crippen molar-refractivity contribution < 1.29 is 0 Å². The third kappa shape index (κ3) is 9.61. The van der Waals surface area contributed by atoms with Gasteiger partial charge < -0.3 is 10.2 Å². The molecule has 1 unspecified atom stereocenters. The molecule has 2 nitrogen and oxygen atoms in total. The summed E-state index contributed by atoms with van der Waals surface area (Å²) in [6.45, 7) is 18.5. The first kappa shape index (κ1) is 16.9. The van der Waals surface area contributed by atoms with Crippen LogP contribution in [-0.4, -0.2) is 37.1 Å². The summed E-state index contributed by atoms with van der Waals surface area (Å²) in [5, 5.41) is 3.52. The number of hydrogen-bond acceptors (Lipinski definition) is 2. The second-order valence-corrected chi connectivity index (χ2v) is 6.07. The van der Waals surface area contributed by atoms with Crippen LogP contribution in [0.25, 0.3) is 0 Å². The molecule has 2 heteroatoms. The Labute approximate surface area is 109 Å². The molecule has 0 aromatic heterocycles. The van der Waals surface area contributed by atoms with Gasteiger partial charge in [0.05, 0.1) is 0 Å². The smallest absolute Gasteiger partial charge is 0.00673 e. The summed E-state index contributed by atoms with van der Waals surface area (Å²) in [6.07, 6.45) is 2.61. The molecule has 0 aromatic carbocycles. The van der Waals surface area contributed by atoms with Crippen molar-refractivity contribution in [2.24, 2.45) is 11.8 Å². The van der Waals surface area contributed by atoms with Crippen LogP contribution in [0.4, 0.5) is 0 Å². The average molecular weight is 242 g/mol. The first-order chi connectivity index (χ1) is 7.97. The Morgan fingerprint density at radius 1 is 1.00 bits per heavy atom. The Bertz CT molecular complexity index is 166. The molecule has 1 N–H and O–H groups in total. The topological polar surface area (TPSA) is 15.3 Å². The van der Waals surface area contributed by atoms with Crippen LogP contribution >= 0.6 is 0 Å². The minimum atomic E-state index is 0.725. The van der Waals surface area contributed by atoms with Gasteiger partial charge in [-0.3, -0.25) is 0 Å². The van der Waals surface area contributed by atoms with E-state index < -0.39 is 0 Å². The Hall–Kier alpha value is -0.0800. The maximum absolute atomic E-state index is 3.52. The first-order valence-corrected chi connectivity index (χ1v) is 7.42. The van der Waals surface area contributed by atoms with Gasteiger partial charge in [0.15, 0.2) is 0 Å². The van der Waals surface area contributed by atoms with Crippen molar-refractivity contribution in [2.45, 2.75) is 60.4 Å². The van der Waals surface area contributed by atoms with Crippen LogP contribution in [-0.2, 0) is 0 Å². The van der Waals surface area contributed by atoms with Crippen molar-refractivity contribution in [1.29, 1.82) is 0 Å². The highest BCUT2D eigenvalue weighted by molar-refractivity contribution is 4.68. The van der Waals surface area contributed by atoms with Crippen molar-refractivity contribution in [2.75, 3.05) is 26.2 Å². The highest BCUT2D eigenvalue weighted by Crippen LogP contribution is 2.09. The molecule has 0 spiro atoms. The molecule has 0 fully saturated rings. The van der Waals surface area contributed by atoms with E-state index in [9.17, 15) is 0 Å². The molecule has 0 bridgehead atoms. The van der Waals surface area contributed by atoms with Crippen LogP contribution < -0.4 is 5.32 Å². The molecule has 0 amide bonds. The number of nitrogens with one attached hydrogen (secondary N) is 1. The standard InChI is InChI=1S/C15H34N2/c1-7-17(12-14(4)5)15(6)9-8-10-16-11-13(2)3/h13-16H,7-12H2,1-6H3. The zero-order valence-corrected chi connectivity index (χ0v) is 12.9. The number of rotatable bonds is 10. The third-order valence-electron chi connectivity index (χ3n) is 3.16. The van der Waals surface area contributed by atoms with Gasteiger partial charge in [0.2, 0.25) is 0 Å². The van der Waals surface area contributed by atoms with Gasteiger partial charge in [0.25, 0.3) is 0 Å². The molecule has 0 aliphatic carbocycles. The van der Waals surface area contributed by atoms with Gasteiger partial charge in [-0.05, 0) is 51.2 Å². The molecule has 1 atom stereocenters. The fourth-order valence-electron chi connectivity index (χ4n) is 2.19. The Morgan fingerprint density at radius 2 is 1.65 bits per heavy atom. The molecule has 0 saturated carbocycles. The largest absolute Gasteiger partial charge is 0.316 e. The van der Waals surface area contributed by atoms with Crippen LogP contribution in [0.15, 0.2) is 0 Å². The Morgan fingerprint density at radius 3 is 2.12 bits per heavy atom. The molecule has 0 rings (SSSR count). The minimum Gasteiger partial charge on any atom is -0.316 e. The number of nitrogens with zero attached hydrogens (tertiary/aromatic N) is 1. The van der Waals surface area contributed by atoms with E-state index in [-0.39, 0.29) is 0 Å². The van der Waals surface area contributed by atoms with Crippen LogP contribution in [0.5, 0.6) is 0 Å². The van der Waals surface area contributed by atoms with Crippen molar-refractivity contribution in [1.82, 2.24) is 10.2 Å². The maximum atomic E-state index is 3.52. The van der Waals surface area contributed by atoms with Crippen LogP contribution in [0, 0.1) is 11.8 Å². The summed E-state index contributed by atoms with van der Waals surface area (Å²) < 4.78 is 0. The van der Waals surface area contributed by atoms with E-state index in [4.69, 9.17) is 0 Å². The van der Waals surface area contributed by atoms with Crippen molar-refractivity contribution in [3.8, 4) is 0 Å². The number of hydrogen-bond donors (Lipinski definition) is 1.